The molecule has 0 amide bonds. The average Bonchev–Trinajstić information content (AvgIpc) is 2.62. The molecule has 0 saturated carbocycles. The maximum atomic E-state index is 13.8. The van der Waals surface area contributed by atoms with Crippen LogP contribution in [0.4, 0.5) is 57.1 Å². The largest absolute Gasteiger partial charge is 0.481 e. The van der Waals surface area contributed by atoms with Crippen molar-refractivity contribution in [1.29, 1.82) is 0 Å². The molecule has 0 aliphatic carbocycles. The summed E-state index contributed by atoms with van der Waals surface area (Å²) >= 11 is 0. The molecule has 0 spiro atoms. The molecule has 0 aliphatic heterocycles. The number of hydrogen-bond acceptors (Lipinski definition) is 3. The molecule has 0 fully saturated rings. The second-order valence-electron chi connectivity index (χ2n) is 7.59. The van der Waals surface area contributed by atoms with Gasteiger partial charge in [-0.25, -0.2) is 13.1 Å². The van der Waals surface area contributed by atoms with E-state index in [1.807, 2.05) is 0 Å². The van der Waals surface area contributed by atoms with Gasteiger partial charge in [0.25, 0.3) is 10.0 Å². The maximum absolute atomic E-state index is 13.8. The molecule has 0 aromatic carbocycles. The molecule has 0 rings (SSSR count). The highest BCUT2D eigenvalue weighted by Gasteiger charge is 2.92. The Kier molecular flexibility index (Phi) is 9.03. The number of quaternary nitrogens is 1. The van der Waals surface area contributed by atoms with Gasteiger partial charge in [0.05, 0.1) is 33.6 Å². The molecular weight excluding hydrogens is 539 g/mol. The number of nitrogens with zero attached hydrogens (tertiary/aromatic N) is 1. The first-order chi connectivity index (χ1) is 14.6. The highest BCUT2D eigenvalue weighted by molar-refractivity contribution is 7.90. The highest BCUT2D eigenvalue weighted by Crippen LogP contribution is 2.60. The van der Waals surface area contributed by atoms with Crippen LogP contribution in [0.3, 0.4) is 0 Å². The summed E-state index contributed by atoms with van der Waals surface area (Å²) in [7, 11) is -4.33. The minimum absolute atomic E-state index is 0.0922. The molecule has 2 N–H and O–H groups in total. The minimum Gasteiger partial charge on any atom is -0.481 e. The number of carboxylic acids is 1. The second-order valence-corrected chi connectivity index (χ2v) is 9.40. The van der Waals surface area contributed by atoms with Crippen molar-refractivity contribution < 1.29 is 79.9 Å². The highest BCUT2D eigenvalue weighted by atomic mass is 32.2. The fourth-order valence-corrected chi connectivity index (χ4v) is 3.30. The van der Waals surface area contributed by atoms with Crippen molar-refractivity contribution in [3.05, 3.63) is 0 Å². The van der Waals surface area contributed by atoms with Crippen molar-refractivity contribution in [2.75, 3.05) is 33.7 Å². The molecule has 0 saturated heterocycles. The molecule has 6 nitrogen and oxygen atoms in total. The van der Waals surface area contributed by atoms with Crippen LogP contribution in [0.15, 0.2) is 0 Å². The van der Waals surface area contributed by atoms with Crippen LogP contribution in [0.25, 0.3) is 0 Å². The number of alkyl halides is 13. The number of nitrogens with one attached hydrogen (secondary N) is 1. The predicted molar refractivity (Wildman–Crippen MR) is 86.4 cm³/mol. The Balaban J connectivity index is 5.79. The van der Waals surface area contributed by atoms with Gasteiger partial charge in [-0.3, -0.25) is 4.79 Å². The van der Waals surface area contributed by atoms with Gasteiger partial charge >= 0.3 is 41.1 Å². The van der Waals surface area contributed by atoms with Crippen LogP contribution in [0.5, 0.6) is 0 Å². The molecule has 0 bridgehead atoms. The van der Waals surface area contributed by atoms with E-state index in [4.69, 9.17) is 5.11 Å². The molecule has 20 heteroatoms. The predicted octanol–water partition coefficient (Wildman–Crippen LogP) is 3.54. The van der Waals surface area contributed by atoms with Crippen molar-refractivity contribution in [3.63, 3.8) is 0 Å². The van der Waals surface area contributed by atoms with E-state index in [-0.39, 0.29) is 17.6 Å². The summed E-state index contributed by atoms with van der Waals surface area (Å²) in [6, 6.07) is 0. The summed E-state index contributed by atoms with van der Waals surface area (Å²) < 4.78 is 193. The number of aliphatic carboxylic acids is 1. The van der Waals surface area contributed by atoms with Gasteiger partial charge in [0.2, 0.25) is 0 Å². The standard InChI is InChI=1S/C14H17F13N2O4S/c1-29(2,7-4-8(30)31)6-3-5-28-34(32,33)14(26,27)12(21,22)10(17,18)9(15,16)11(19,20)13(23,24)25/h28H,3-7H2,1-2H3/p+1. The summed E-state index contributed by atoms with van der Waals surface area (Å²) in [5.41, 5.74) is 0. The molecule has 0 aliphatic rings. The van der Waals surface area contributed by atoms with Crippen molar-refractivity contribution in [1.82, 2.24) is 4.72 Å². The third-order valence-electron chi connectivity index (χ3n) is 4.41. The molecule has 0 heterocycles. The number of sulfonamides is 1. The molecular formula is C14H18F13N2O4S+. The smallest absolute Gasteiger partial charge is 0.460 e. The zero-order chi connectivity index (χ0) is 27.8. The Labute approximate surface area is 183 Å². The Morgan fingerprint density at radius 1 is 0.765 bits per heavy atom. The third kappa shape index (κ3) is 5.80. The summed E-state index contributed by atoms with van der Waals surface area (Å²) in [6.07, 6.45) is -8.55. The zero-order valence-corrected chi connectivity index (χ0v) is 17.8. The van der Waals surface area contributed by atoms with Crippen molar-refractivity contribution in [2.24, 2.45) is 0 Å². The van der Waals surface area contributed by atoms with Gasteiger partial charge in [-0.15, -0.1) is 0 Å². The van der Waals surface area contributed by atoms with E-state index in [1.54, 1.807) is 0 Å². The minimum atomic E-state index is -8.22. The van der Waals surface area contributed by atoms with E-state index < -0.39 is 70.5 Å². The molecule has 0 aromatic rings. The number of carboxylic acid groups (broad SMARTS) is 1. The fraction of sp³-hybridized carbons (Fsp3) is 0.929. The first kappa shape index (κ1) is 32.4. The van der Waals surface area contributed by atoms with Crippen LogP contribution < -0.4 is 4.72 Å². The Morgan fingerprint density at radius 3 is 1.56 bits per heavy atom. The normalized spacial score (nSPS) is 15.5. The van der Waals surface area contributed by atoms with E-state index in [9.17, 15) is 70.3 Å². The number of rotatable bonds is 13. The van der Waals surface area contributed by atoms with E-state index in [0.29, 0.717) is 4.72 Å². The Bertz CT molecular complexity index is 841. The quantitative estimate of drug-likeness (QED) is 0.206. The lowest BCUT2D eigenvalue weighted by Crippen LogP contribution is -2.71. The second kappa shape index (κ2) is 9.47. The van der Waals surface area contributed by atoms with Gasteiger partial charge < -0.3 is 9.59 Å². The molecule has 0 atom stereocenters. The lowest BCUT2D eigenvalue weighted by Gasteiger charge is -2.39. The number of halogens is 13. The van der Waals surface area contributed by atoms with Crippen molar-refractivity contribution in [3.8, 4) is 0 Å². The number of hydrogen-bond donors (Lipinski definition) is 2. The lowest BCUT2D eigenvalue weighted by atomic mass is 9.98. The van der Waals surface area contributed by atoms with Crippen LogP contribution in [0, 0.1) is 0 Å². The van der Waals surface area contributed by atoms with Gasteiger partial charge in [0.1, 0.15) is 0 Å². The van der Waals surface area contributed by atoms with Crippen LogP contribution >= 0.6 is 0 Å². The monoisotopic (exact) mass is 557 g/mol. The topological polar surface area (TPSA) is 83.5 Å². The maximum Gasteiger partial charge on any atom is 0.460 e. The summed E-state index contributed by atoms with van der Waals surface area (Å²) in [5, 5.41) is 1.27. The van der Waals surface area contributed by atoms with Crippen LogP contribution in [-0.2, 0) is 14.8 Å². The molecule has 0 aromatic heterocycles. The zero-order valence-electron chi connectivity index (χ0n) is 17.0. The Hall–Kier alpha value is -1.57. The van der Waals surface area contributed by atoms with E-state index in [2.05, 4.69) is 0 Å². The lowest BCUT2D eigenvalue weighted by molar-refractivity contribution is -0.889. The Morgan fingerprint density at radius 2 is 1.18 bits per heavy atom. The van der Waals surface area contributed by atoms with Crippen LogP contribution in [-0.4, -0.2) is 92.8 Å². The van der Waals surface area contributed by atoms with Gasteiger partial charge in [0, 0.05) is 13.0 Å². The van der Waals surface area contributed by atoms with E-state index >= 15 is 0 Å². The first-order valence-corrected chi connectivity index (χ1v) is 10.1. The molecule has 0 radical (unpaired) electrons. The van der Waals surface area contributed by atoms with E-state index in [1.165, 1.54) is 14.1 Å². The van der Waals surface area contributed by atoms with E-state index in [0.717, 1.165) is 0 Å². The first-order valence-electron chi connectivity index (χ1n) is 8.61. The van der Waals surface area contributed by atoms with Gasteiger partial charge in [0.15, 0.2) is 0 Å². The van der Waals surface area contributed by atoms with Crippen LogP contribution in [0.2, 0.25) is 0 Å². The fourth-order valence-electron chi connectivity index (χ4n) is 2.24. The SMILES string of the molecule is C[N+](C)(CCCNS(=O)(=O)C(F)(F)C(F)(F)C(F)(F)C(F)(F)C(F)(F)C(F)(F)F)CCC(=O)O. The average molecular weight is 557 g/mol. The molecule has 204 valence electrons. The van der Waals surface area contributed by atoms with Crippen LogP contribution in [0.1, 0.15) is 12.8 Å². The van der Waals surface area contributed by atoms with Gasteiger partial charge in [-0.05, 0) is 0 Å². The van der Waals surface area contributed by atoms with Gasteiger partial charge in [-0.1, -0.05) is 0 Å². The molecule has 0 unspecified atom stereocenters. The third-order valence-corrected chi connectivity index (χ3v) is 5.92. The summed E-state index contributed by atoms with van der Waals surface area (Å²) in [4.78, 5) is 10.5. The summed E-state index contributed by atoms with van der Waals surface area (Å²) in [6.45, 7) is -1.54. The van der Waals surface area contributed by atoms with Crippen molar-refractivity contribution in [2.45, 2.75) is 48.0 Å². The van der Waals surface area contributed by atoms with Gasteiger partial charge in [-0.2, -0.15) is 57.1 Å². The molecule has 34 heavy (non-hydrogen) atoms. The van der Waals surface area contributed by atoms with Crippen molar-refractivity contribution >= 4 is 16.0 Å². The summed E-state index contributed by atoms with van der Waals surface area (Å²) in [5.74, 6) is -33.6. The number of carbonyl (C=O) groups is 1.